The predicted octanol–water partition coefficient (Wildman–Crippen LogP) is 4.53. The molecule has 2 unspecified atom stereocenters. The van der Waals surface area contributed by atoms with E-state index in [1.54, 1.807) is 21.3 Å². The van der Waals surface area contributed by atoms with Crippen molar-refractivity contribution < 1.29 is 23.7 Å². The third-order valence-electron chi connectivity index (χ3n) is 5.20. The smallest absolute Gasteiger partial charge is 0.285 e. The van der Waals surface area contributed by atoms with Crippen molar-refractivity contribution in [2.45, 2.75) is 83.2 Å². The summed E-state index contributed by atoms with van der Waals surface area (Å²) in [7, 11) is 4.98. The van der Waals surface area contributed by atoms with E-state index in [9.17, 15) is 0 Å². The molecule has 0 aromatic rings. The zero-order valence-electron chi connectivity index (χ0n) is 16.9. The van der Waals surface area contributed by atoms with Crippen LogP contribution in [-0.2, 0) is 23.7 Å². The lowest BCUT2D eigenvalue weighted by Gasteiger charge is -2.36. The third-order valence-corrected chi connectivity index (χ3v) is 5.20. The van der Waals surface area contributed by atoms with Gasteiger partial charge in [0.25, 0.3) is 5.97 Å². The molecule has 1 saturated heterocycles. The highest BCUT2D eigenvalue weighted by Crippen LogP contribution is 2.32. The Morgan fingerprint density at radius 1 is 0.920 bits per heavy atom. The molecule has 2 atom stereocenters. The summed E-state index contributed by atoms with van der Waals surface area (Å²) in [4.78, 5) is 0. The van der Waals surface area contributed by atoms with Gasteiger partial charge >= 0.3 is 0 Å². The van der Waals surface area contributed by atoms with Gasteiger partial charge in [-0.2, -0.15) is 0 Å². The molecule has 1 rings (SSSR count). The molecular weight excluding hydrogens is 320 g/mol. The minimum Gasteiger partial charge on any atom is -0.379 e. The van der Waals surface area contributed by atoms with E-state index < -0.39 is 5.97 Å². The molecule has 0 bridgehead atoms. The highest BCUT2D eigenvalue weighted by Gasteiger charge is 2.39. The first-order chi connectivity index (χ1) is 12.2. The van der Waals surface area contributed by atoms with E-state index in [2.05, 4.69) is 6.92 Å². The number of hydrogen-bond acceptors (Lipinski definition) is 5. The standard InChI is InChI=1S/C20H40O5/c1-5-6-7-8-9-10-12-18(20(21-2,22-3)23-4)13-11-15-24-17-19-14-16-25-19/h18-19H,5-17H2,1-4H3. The predicted molar refractivity (Wildman–Crippen MR) is 99.7 cm³/mol. The summed E-state index contributed by atoms with van der Waals surface area (Å²) < 4.78 is 27.9. The average molecular weight is 361 g/mol. The van der Waals surface area contributed by atoms with Gasteiger partial charge in [-0.1, -0.05) is 45.4 Å². The molecule has 150 valence electrons. The fourth-order valence-corrected chi connectivity index (χ4v) is 3.48. The van der Waals surface area contributed by atoms with Gasteiger partial charge in [0.05, 0.1) is 12.7 Å². The van der Waals surface area contributed by atoms with E-state index in [4.69, 9.17) is 23.7 Å². The van der Waals surface area contributed by atoms with Gasteiger partial charge < -0.3 is 23.7 Å². The van der Waals surface area contributed by atoms with Crippen LogP contribution in [0, 0.1) is 5.92 Å². The molecule has 0 aliphatic carbocycles. The van der Waals surface area contributed by atoms with Gasteiger partial charge in [-0.3, -0.25) is 0 Å². The lowest BCUT2D eigenvalue weighted by molar-refractivity contribution is -0.380. The number of hydrogen-bond donors (Lipinski definition) is 0. The molecule has 1 aliphatic heterocycles. The highest BCUT2D eigenvalue weighted by atomic mass is 16.9. The topological polar surface area (TPSA) is 46.2 Å². The van der Waals surface area contributed by atoms with E-state index in [0.717, 1.165) is 38.9 Å². The number of rotatable bonds is 17. The van der Waals surface area contributed by atoms with Gasteiger partial charge in [-0.15, -0.1) is 0 Å². The van der Waals surface area contributed by atoms with Crippen LogP contribution in [0.3, 0.4) is 0 Å². The summed E-state index contributed by atoms with van der Waals surface area (Å²) >= 11 is 0. The van der Waals surface area contributed by atoms with Gasteiger partial charge in [0.15, 0.2) is 0 Å². The van der Waals surface area contributed by atoms with Crippen molar-refractivity contribution in [3.8, 4) is 0 Å². The van der Waals surface area contributed by atoms with E-state index >= 15 is 0 Å². The average Bonchev–Trinajstić information content (AvgIpc) is 2.60. The summed E-state index contributed by atoms with van der Waals surface area (Å²) in [6.45, 7) is 4.60. The van der Waals surface area contributed by atoms with Crippen molar-refractivity contribution >= 4 is 0 Å². The fraction of sp³-hybridized carbons (Fsp3) is 1.00. The fourth-order valence-electron chi connectivity index (χ4n) is 3.48. The minimum atomic E-state index is -0.944. The Balaban J connectivity index is 2.32. The maximum atomic E-state index is 5.72. The summed E-state index contributed by atoms with van der Waals surface area (Å²) in [5.41, 5.74) is 0. The van der Waals surface area contributed by atoms with Crippen LogP contribution in [0.2, 0.25) is 0 Å². The molecule has 0 aromatic carbocycles. The summed E-state index contributed by atoms with van der Waals surface area (Å²) in [6.07, 6.45) is 12.2. The Kier molecular flexibility index (Phi) is 12.7. The monoisotopic (exact) mass is 360 g/mol. The van der Waals surface area contributed by atoms with Gasteiger partial charge in [-0.25, -0.2) is 0 Å². The second kappa shape index (κ2) is 13.9. The van der Waals surface area contributed by atoms with E-state index in [0.29, 0.717) is 12.7 Å². The van der Waals surface area contributed by atoms with Crippen LogP contribution < -0.4 is 0 Å². The third kappa shape index (κ3) is 8.35. The minimum absolute atomic E-state index is 0.210. The Morgan fingerprint density at radius 2 is 1.52 bits per heavy atom. The van der Waals surface area contributed by atoms with Crippen LogP contribution >= 0.6 is 0 Å². The van der Waals surface area contributed by atoms with Crippen molar-refractivity contribution in [2.75, 3.05) is 41.2 Å². The summed E-state index contributed by atoms with van der Waals surface area (Å²) in [5, 5.41) is 0. The lowest BCUT2D eigenvalue weighted by Crippen LogP contribution is -2.44. The van der Waals surface area contributed by atoms with Crippen molar-refractivity contribution in [3.05, 3.63) is 0 Å². The first-order valence-electron chi connectivity index (χ1n) is 10.1. The maximum absolute atomic E-state index is 5.72. The second-order valence-electron chi connectivity index (χ2n) is 6.97. The largest absolute Gasteiger partial charge is 0.379 e. The zero-order chi connectivity index (χ0) is 18.4. The SMILES string of the molecule is CCCCCCCCC(CCCOCC1CCO1)C(OC)(OC)OC. The molecule has 0 aromatic heterocycles. The van der Waals surface area contributed by atoms with E-state index in [-0.39, 0.29) is 5.92 Å². The quantitative estimate of drug-likeness (QED) is 0.282. The molecule has 0 N–H and O–H groups in total. The second-order valence-corrected chi connectivity index (χ2v) is 6.97. The molecule has 5 heteroatoms. The molecule has 1 aliphatic rings. The van der Waals surface area contributed by atoms with Gasteiger partial charge in [0.2, 0.25) is 0 Å². The zero-order valence-corrected chi connectivity index (χ0v) is 16.9. The molecule has 0 spiro atoms. The summed E-state index contributed by atoms with van der Waals surface area (Å²) in [6, 6.07) is 0. The van der Waals surface area contributed by atoms with E-state index in [1.165, 1.54) is 38.5 Å². The molecule has 1 fully saturated rings. The molecular formula is C20H40O5. The number of unbranched alkanes of at least 4 members (excludes halogenated alkanes) is 5. The summed E-state index contributed by atoms with van der Waals surface area (Å²) in [5.74, 6) is -0.734. The number of ether oxygens (including phenoxy) is 5. The van der Waals surface area contributed by atoms with Crippen LogP contribution in [0.25, 0.3) is 0 Å². The van der Waals surface area contributed by atoms with Crippen molar-refractivity contribution in [2.24, 2.45) is 5.92 Å². The van der Waals surface area contributed by atoms with Crippen molar-refractivity contribution in [1.29, 1.82) is 0 Å². The van der Waals surface area contributed by atoms with Gasteiger partial charge in [0, 0.05) is 40.5 Å². The van der Waals surface area contributed by atoms with Crippen molar-refractivity contribution in [1.82, 2.24) is 0 Å². The Morgan fingerprint density at radius 3 is 2.08 bits per heavy atom. The van der Waals surface area contributed by atoms with Crippen LogP contribution in [0.4, 0.5) is 0 Å². The number of methoxy groups -OCH3 is 3. The van der Waals surface area contributed by atoms with Gasteiger partial charge in [-0.05, 0) is 25.7 Å². The maximum Gasteiger partial charge on any atom is 0.285 e. The van der Waals surface area contributed by atoms with Crippen molar-refractivity contribution in [3.63, 3.8) is 0 Å². The Labute approximate surface area is 154 Å². The molecule has 5 nitrogen and oxygen atoms in total. The van der Waals surface area contributed by atoms with Crippen LogP contribution in [0.5, 0.6) is 0 Å². The first-order valence-corrected chi connectivity index (χ1v) is 10.1. The molecule has 1 heterocycles. The molecule has 0 amide bonds. The van der Waals surface area contributed by atoms with Crippen LogP contribution in [-0.4, -0.2) is 53.2 Å². The Hall–Kier alpha value is -0.200. The van der Waals surface area contributed by atoms with Gasteiger partial charge in [0.1, 0.15) is 0 Å². The Bertz CT molecular complexity index is 294. The lowest BCUT2D eigenvalue weighted by atomic mass is 9.93. The van der Waals surface area contributed by atoms with E-state index in [1.807, 2.05) is 0 Å². The van der Waals surface area contributed by atoms with Crippen LogP contribution in [0.15, 0.2) is 0 Å². The normalized spacial score (nSPS) is 19.0. The highest BCUT2D eigenvalue weighted by molar-refractivity contribution is 4.72. The molecule has 0 saturated carbocycles. The first kappa shape index (κ1) is 22.8. The van der Waals surface area contributed by atoms with Crippen LogP contribution in [0.1, 0.15) is 71.1 Å². The molecule has 0 radical (unpaired) electrons. The molecule has 25 heavy (non-hydrogen) atoms.